The van der Waals surface area contributed by atoms with Gasteiger partial charge in [-0.25, -0.2) is 23.4 Å². The van der Waals surface area contributed by atoms with Gasteiger partial charge in [-0.15, -0.1) is 0 Å². The van der Waals surface area contributed by atoms with E-state index in [1.807, 2.05) is 71.4 Å². The van der Waals surface area contributed by atoms with Crippen molar-refractivity contribution >= 4 is 33.7 Å². The van der Waals surface area contributed by atoms with Crippen molar-refractivity contribution < 1.29 is 8.78 Å². The Kier molecular flexibility index (Phi) is 8.61. The van der Waals surface area contributed by atoms with Gasteiger partial charge in [0, 0.05) is 11.1 Å². The van der Waals surface area contributed by atoms with Crippen LogP contribution in [0.3, 0.4) is 0 Å². The number of rotatable bonds is 6. The van der Waals surface area contributed by atoms with Crippen LogP contribution >= 0.6 is 0 Å². The highest BCUT2D eigenvalue weighted by Gasteiger charge is 2.41. The lowest BCUT2D eigenvalue weighted by atomic mass is 9.77. The Labute approximate surface area is 303 Å². The second-order valence-electron chi connectivity index (χ2n) is 12.4. The molecular weight excluding hydrogens is 667 g/mol. The molecule has 5 N–H and O–H groups in total. The molecule has 10 heteroatoms. The Morgan fingerprint density at radius 1 is 0.509 bits per heavy atom. The third-order valence-electron chi connectivity index (χ3n) is 9.07. The molecule has 0 aliphatic heterocycles. The van der Waals surface area contributed by atoms with Crippen LogP contribution in [0.5, 0.6) is 0 Å². The number of nitrogens with one attached hydrogen (secondary N) is 1. The largest absolute Gasteiger partial charge is 0.384 e. The van der Waals surface area contributed by atoms with Crippen LogP contribution in [0.1, 0.15) is 16.7 Å². The van der Waals surface area contributed by atoms with Crippen LogP contribution in [-0.2, 0) is 5.54 Å². The summed E-state index contributed by atoms with van der Waals surface area (Å²) in [6, 6.07) is 50.7. The maximum absolute atomic E-state index is 14.3. The molecule has 0 amide bonds. The first kappa shape index (κ1) is 33.0. The second kappa shape index (κ2) is 13.8. The van der Waals surface area contributed by atoms with Crippen molar-refractivity contribution in [3.63, 3.8) is 0 Å². The molecule has 0 spiro atoms. The van der Waals surface area contributed by atoms with E-state index in [-0.39, 0.29) is 11.6 Å². The number of nitrogens with zero attached hydrogens (tertiary/aromatic N) is 5. The van der Waals surface area contributed by atoms with E-state index in [0.29, 0.717) is 45.2 Å². The van der Waals surface area contributed by atoms with Crippen molar-refractivity contribution in [2.75, 3.05) is 11.5 Å². The van der Waals surface area contributed by atoms with Crippen molar-refractivity contribution in [2.24, 2.45) is 0 Å². The molecule has 0 bridgehead atoms. The number of aromatic nitrogens is 6. The fourth-order valence-corrected chi connectivity index (χ4v) is 6.76. The number of hydrogen-bond acceptors (Lipinski definition) is 6. The summed E-state index contributed by atoms with van der Waals surface area (Å²) in [5, 5.41) is 12.2. The van der Waals surface area contributed by atoms with Crippen molar-refractivity contribution in [1.29, 1.82) is 0 Å². The lowest BCUT2D eigenvalue weighted by molar-refractivity contribution is 0.477. The molecular formula is C43H32F2N8. The number of fused-ring (bicyclic) bond motifs is 2. The quantitative estimate of drug-likeness (QED) is 0.149. The molecule has 5 aromatic carbocycles. The summed E-state index contributed by atoms with van der Waals surface area (Å²) in [5.41, 5.74) is 19.4. The normalized spacial score (nSPS) is 11.4. The number of aromatic amines is 1. The van der Waals surface area contributed by atoms with E-state index >= 15 is 0 Å². The van der Waals surface area contributed by atoms with Crippen LogP contribution in [0.2, 0.25) is 0 Å². The second-order valence-corrected chi connectivity index (χ2v) is 12.4. The summed E-state index contributed by atoms with van der Waals surface area (Å²) in [6.45, 7) is 0. The highest BCUT2D eigenvalue weighted by Crippen LogP contribution is 2.43. The highest BCUT2D eigenvalue weighted by molar-refractivity contribution is 5.92. The third-order valence-corrected chi connectivity index (χ3v) is 9.07. The van der Waals surface area contributed by atoms with Gasteiger partial charge in [0.25, 0.3) is 0 Å². The number of hydrogen-bond donors (Lipinski definition) is 3. The van der Waals surface area contributed by atoms with Crippen LogP contribution in [0.15, 0.2) is 164 Å². The van der Waals surface area contributed by atoms with Gasteiger partial charge in [0.1, 0.15) is 51.2 Å². The van der Waals surface area contributed by atoms with Gasteiger partial charge in [0.15, 0.2) is 0 Å². The van der Waals surface area contributed by atoms with E-state index in [4.69, 9.17) is 16.6 Å². The van der Waals surface area contributed by atoms with Gasteiger partial charge in [-0.2, -0.15) is 10.2 Å². The minimum atomic E-state index is -0.828. The number of halogens is 2. The molecule has 8 nitrogen and oxygen atoms in total. The zero-order valence-corrected chi connectivity index (χ0v) is 28.2. The van der Waals surface area contributed by atoms with E-state index in [1.54, 1.807) is 36.4 Å². The predicted molar refractivity (Wildman–Crippen MR) is 206 cm³/mol. The summed E-state index contributed by atoms with van der Waals surface area (Å²) in [5.74, 6) is 0.156. The number of pyridine rings is 2. The maximum atomic E-state index is 14.3. The average molecular weight is 699 g/mol. The lowest BCUT2D eigenvalue weighted by Crippen LogP contribution is -2.38. The van der Waals surface area contributed by atoms with Gasteiger partial charge < -0.3 is 11.5 Å². The van der Waals surface area contributed by atoms with Crippen LogP contribution in [0.4, 0.5) is 20.4 Å². The molecule has 0 aliphatic rings. The Balaban J connectivity index is 0.000000196. The third kappa shape index (κ3) is 6.12. The van der Waals surface area contributed by atoms with E-state index in [2.05, 4.69) is 56.6 Å². The molecule has 0 saturated heterocycles. The standard InChI is InChI=1S/C31H23FN4.C12H9FN4/c32-26-18-10-11-22(21-26)29-30-27(19-20-28(33)34-30)36(35-29)31(23-12-4-1-5-13-23,24-14-6-2-7-15-24)25-16-8-3-9-17-25;13-8-3-1-2-7(6-8)11-12-9(16-17-11)4-5-10(14)15-12/h1-21H,(H2,33,34);1-6H,(H2,14,15)(H,16,17). The lowest BCUT2D eigenvalue weighted by Gasteiger charge is -2.37. The van der Waals surface area contributed by atoms with E-state index < -0.39 is 5.54 Å². The highest BCUT2D eigenvalue weighted by atomic mass is 19.1. The molecule has 0 fully saturated rings. The van der Waals surface area contributed by atoms with Crippen LogP contribution in [0, 0.1) is 11.6 Å². The Bertz CT molecular complexity index is 2580. The molecule has 0 atom stereocenters. The topological polar surface area (TPSA) is 124 Å². The van der Waals surface area contributed by atoms with Crippen LogP contribution in [0.25, 0.3) is 44.6 Å². The minimum absolute atomic E-state index is 0.303. The molecule has 0 saturated carbocycles. The van der Waals surface area contributed by atoms with Gasteiger partial charge in [0.05, 0.1) is 11.0 Å². The Morgan fingerprint density at radius 3 is 1.53 bits per heavy atom. The zero-order chi connectivity index (χ0) is 36.4. The molecule has 258 valence electrons. The van der Waals surface area contributed by atoms with Crippen molar-refractivity contribution in [1.82, 2.24) is 29.9 Å². The minimum Gasteiger partial charge on any atom is -0.384 e. The summed E-state index contributed by atoms with van der Waals surface area (Å²) in [4.78, 5) is 8.87. The number of benzene rings is 5. The number of nitrogen functional groups attached to an aromatic ring is 2. The fraction of sp³-hybridized carbons (Fsp3) is 0.0233. The average Bonchev–Trinajstić information content (AvgIpc) is 3.78. The summed E-state index contributed by atoms with van der Waals surface area (Å²) in [7, 11) is 0. The first-order chi connectivity index (χ1) is 25.9. The van der Waals surface area contributed by atoms with Gasteiger partial charge >= 0.3 is 0 Å². The predicted octanol–water partition coefficient (Wildman–Crippen LogP) is 9.01. The van der Waals surface area contributed by atoms with E-state index in [0.717, 1.165) is 27.7 Å². The van der Waals surface area contributed by atoms with Crippen LogP contribution in [-0.4, -0.2) is 29.9 Å². The molecule has 9 aromatic rings. The SMILES string of the molecule is Nc1ccc2[nH]nc(-c3cccc(F)c3)c2n1.Nc1ccc2c(n1)c(-c1cccc(F)c1)nn2C(c1ccccc1)(c1ccccc1)c1ccccc1. The van der Waals surface area contributed by atoms with E-state index in [9.17, 15) is 8.78 Å². The summed E-state index contributed by atoms with van der Waals surface area (Å²) < 4.78 is 29.5. The fourth-order valence-electron chi connectivity index (χ4n) is 6.76. The monoisotopic (exact) mass is 698 g/mol. The van der Waals surface area contributed by atoms with Gasteiger partial charge in [-0.1, -0.05) is 115 Å². The van der Waals surface area contributed by atoms with E-state index in [1.165, 1.54) is 24.3 Å². The molecule has 0 radical (unpaired) electrons. The summed E-state index contributed by atoms with van der Waals surface area (Å²) >= 11 is 0. The van der Waals surface area contributed by atoms with Crippen molar-refractivity contribution in [2.45, 2.75) is 5.54 Å². The maximum Gasteiger partial charge on any atom is 0.138 e. The van der Waals surface area contributed by atoms with Crippen LogP contribution < -0.4 is 11.5 Å². The number of nitrogens with two attached hydrogens (primary N) is 2. The summed E-state index contributed by atoms with van der Waals surface area (Å²) in [6.07, 6.45) is 0. The zero-order valence-electron chi connectivity index (χ0n) is 28.2. The first-order valence-electron chi connectivity index (χ1n) is 16.9. The van der Waals surface area contributed by atoms with Crippen molar-refractivity contribution in [3.05, 3.63) is 192 Å². The first-order valence-corrected chi connectivity index (χ1v) is 16.9. The van der Waals surface area contributed by atoms with Gasteiger partial charge in [-0.05, 0) is 65.2 Å². The van der Waals surface area contributed by atoms with Gasteiger partial charge in [0.2, 0.25) is 0 Å². The molecule has 0 unspecified atom stereocenters. The van der Waals surface area contributed by atoms with Crippen molar-refractivity contribution in [3.8, 4) is 22.5 Å². The smallest absolute Gasteiger partial charge is 0.138 e. The number of H-pyrrole nitrogens is 1. The Morgan fingerprint density at radius 2 is 1.00 bits per heavy atom. The molecule has 53 heavy (non-hydrogen) atoms. The molecule has 4 heterocycles. The number of anilines is 2. The molecule has 9 rings (SSSR count). The molecule has 4 aromatic heterocycles. The van der Waals surface area contributed by atoms with Gasteiger partial charge in [-0.3, -0.25) is 5.10 Å². The molecule has 0 aliphatic carbocycles. The Hall–Kier alpha value is -7.20.